The molecule has 0 atom stereocenters. The summed E-state index contributed by atoms with van der Waals surface area (Å²) in [5.41, 5.74) is 1.26. The number of thiazole rings is 1. The molecular formula is C13H11NO4S. The highest BCUT2D eigenvalue weighted by Crippen LogP contribution is 2.37. The molecule has 19 heavy (non-hydrogen) atoms. The van der Waals surface area contributed by atoms with Crippen LogP contribution in [0.4, 0.5) is 0 Å². The van der Waals surface area contributed by atoms with Gasteiger partial charge in [0.25, 0.3) is 0 Å². The number of ether oxygens (including phenoxy) is 3. The maximum Gasteiger partial charge on any atom is 0.357 e. The lowest BCUT2D eigenvalue weighted by molar-refractivity contribution is 0.0594. The molecule has 0 aliphatic carbocycles. The van der Waals surface area contributed by atoms with Gasteiger partial charge >= 0.3 is 5.97 Å². The Labute approximate surface area is 113 Å². The van der Waals surface area contributed by atoms with E-state index < -0.39 is 5.97 Å². The minimum absolute atomic E-state index is 0.239. The van der Waals surface area contributed by atoms with Crippen molar-refractivity contribution in [2.75, 3.05) is 13.9 Å². The summed E-state index contributed by atoms with van der Waals surface area (Å²) in [5, 5.41) is 0.760. The van der Waals surface area contributed by atoms with Crippen molar-refractivity contribution in [3.05, 3.63) is 28.8 Å². The van der Waals surface area contributed by atoms with Gasteiger partial charge in [0.05, 0.1) is 7.11 Å². The van der Waals surface area contributed by atoms with Crippen LogP contribution in [0, 0.1) is 6.92 Å². The first-order chi connectivity index (χ1) is 9.19. The average Bonchev–Trinajstić information content (AvgIpc) is 3.03. The molecule has 3 rings (SSSR count). The lowest BCUT2D eigenvalue weighted by Gasteiger charge is -1.99. The Morgan fingerprint density at radius 3 is 2.95 bits per heavy atom. The van der Waals surface area contributed by atoms with Gasteiger partial charge in [-0.15, -0.1) is 11.3 Å². The van der Waals surface area contributed by atoms with Gasteiger partial charge in [-0.1, -0.05) is 0 Å². The molecule has 2 heterocycles. The van der Waals surface area contributed by atoms with E-state index in [1.165, 1.54) is 18.4 Å². The molecule has 6 heteroatoms. The Bertz CT molecular complexity index is 650. The van der Waals surface area contributed by atoms with E-state index in [2.05, 4.69) is 4.98 Å². The van der Waals surface area contributed by atoms with Crippen molar-refractivity contribution < 1.29 is 19.0 Å². The highest BCUT2D eigenvalue weighted by Gasteiger charge is 2.19. The van der Waals surface area contributed by atoms with Gasteiger partial charge in [0.2, 0.25) is 6.79 Å². The van der Waals surface area contributed by atoms with Gasteiger partial charge < -0.3 is 14.2 Å². The van der Waals surface area contributed by atoms with Crippen molar-refractivity contribution in [1.82, 2.24) is 4.98 Å². The van der Waals surface area contributed by atoms with Crippen LogP contribution in [-0.4, -0.2) is 24.9 Å². The monoisotopic (exact) mass is 277 g/mol. The van der Waals surface area contributed by atoms with Crippen molar-refractivity contribution >= 4 is 17.3 Å². The molecule has 1 aromatic carbocycles. The Morgan fingerprint density at radius 1 is 1.37 bits per heavy atom. The molecule has 0 fully saturated rings. The third kappa shape index (κ3) is 2.04. The second-order valence-corrected chi connectivity index (χ2v) is 5.19. The molecule has 0 saturated carbocycles. The fourth-order valence-electron chi connectivity index (χ4n) is 1.84. The Hall–Kier alpha value is -2.08. The van der Waals surface area contributed by atoms with Crippen molar-refractivity contribution in [3.8, 4) is 22.1 Å². The first-order valence-electron chi connectivity index (χ1n) is 5.65. The number of fused-ring (bicyclic) bond motifs is 1. The van der Waals surface area contributed by atoms with Crippen LogP contribution < -0.4 is 9.47 Å². The number of benzene rings is 1. The molecular weight excluding hydrogens is 266 g/mol. The second-order valence-electron chi connectivity index (χ2n) is 3.98. The number of hydrogen-bond acceptors (Lipinski definition) is 6. The summed E-state index contributed by atoms with van der Waals surface area (Å²) in [6, 6.07) is 5.60. The molecule has 5 nitrogen and oxygen atoms in total. The third-order valence-corrected chi connectivity index (χ3v) is 3.81. The minimum Gasteiger partial charge on any atom is -0.464 e. The molecule has 1 aliphatic rings. The Kier molecular flexibility index (Phi) is 2.87. The normalized spacial score (nSPS) is 12.5. The highest BCUT2D eigenvalue weighted by molar-refractivity contribution is 7.15. The maximum absolute atomic E-state index is 11.5. The number of rotatable bonds is 2. The molecule has 0 N–H and O–H groups in total. The molecule has 0 amide bonds. The Morgan fingerprint density at radius 2 is 2.16 bits per heavy atom. The van der Waals surface area contributed by atoms with Crippen LogP contribution in [0.2, 0.25) is 0 Å². The van der Waals surface area contributed by atoms with Gasteiger partial charge in [0.1, 0.15) is 5.01 Å². The fourth-order valence-corrected chi connectivity index (χ4v) is 2.73. The lowest BCUT2D eigenvalue weighted by Crippen LogP contribution is -2.03. The fraction of sp³-hybridized carbons (Fsp3) is 0.231. The minimum atomic E-state index is -0.416. The van der Waals surface area contributed by atoms with Crippen LogP contribution >= 0.6 is 11.3 Å². The lowest BCUT2D eigenvalue weighted by atomic mass is 10.2. The summed E-state index contributed by atoms with van der Waals surface area (Å²) in [4.78, 5) is 16.7. The second kappa shape index (κ2) is 4.55. The van der Waals surface area contributed by atoms with Gasteiger partial charge in [0, 0.05) is 10.4 Å². The quantitative estimate of drug-likeness (QED) is 0.790. The SMILES string of the molecule is COC(=O)c1nc(-c2ccc3c(c2)OCO3)sc1C. The maximum atomic E-state index is 11.5. The number of aromatic nitrogens is 1. The largest absolute Gasteiger partial charge is 0.464 e. The number of methoxy groups -OCH3 is 1. The van der Waals surface area contributed by atoms with Gasteiger partial charge in [-0.05, 0) is 25.1 Å². The van der Waals surface area contributed by atoms with E-state index in [0.717, 1.165) is 21.2 Å². The van der Waals surface area contributed by atoms with Gasteiger partial charge in [-0.25, -0.2) is 9.78 Å². The van der Waals surface area contributed by atoms with E-state index in [1.54, 1.807) is 0 Å². The molecule has 0 radical (unpaired) electrons. The zero-order valence-corrected chi connectivity index (χ0v) is 11.2. The van der Waals surface area contributed by atoms with E-state index in [1.807, 2.05) is 25.1 Å². The molecule has 98 valence electrons. The van der Waals surface area contributed by atoms with E-state index in [0.29, 0.717) is 11.4 Å². The topological polar surface area (TPSA) is 57.7 Å². The summed E-state index contributed by atoms with van der Waals surface area (Å²) in [6.45, 7) is 2.09. The van der Waals surface area contributed by atoms with E-state index >= 15 is 0 Å². The molecule has 1 aliphatic heterocycles. The number of carbonyl (C=O) groups excluding carboxylic acids is 1. The van der Waals surface area contributed by atoms with Crippen LogP contribution in [0.3, 0.4) is 0 Å². The molecule has 1 aromatic heterocycles. The van der Waals surface area contributed by atoms with E-state index in [4.69, 9.17) is 14.2 Å². The molecule has 2 aromatic rings. The van der Waals surface area contributed by atoms with E-state index in [-0.39, 0.29) is 6.79 Å². The third-order valence-electron chi connectivity index (χ3n) is 2.79. The molecule has 0 saturated heterocycles. The molecule has 0 bridgehead atoms. The molecule has 0 spiro atoms. The van der Waals surface area contributed by atoms with Gasteiger partial charge in [-0.2, -0.15) is 0 Å². The van der Waals surface area contributed by atoms with Gasteiger partial charge in [0.15, 0.2) is 17.2 Å². The van der Waals surface area contributed by atoms with Crippen LogP contribution in [0.15, 0.2) is 18.2 Å². The van der Waals surface area contributed by atoms with Crippen molar-refractivity contribution in [3.63, 3.8) is 0 Å². The predicted molar refractivity (Wildman–Crippen MR) is 69.7 cm³/mol. The zero-order valence-electron chi connectivity index (χ0n) is 10.4. The van der Waals surface area contributed by atoms with Crippen LogP contribution in [-0.2, 0) is 4.74 Å². The van der Waals surface area contributed by atoms with Crippen molar-refractivity contribution in [2.45, 2.75) is 6.92 Å². The summed E-state index contributed by atoms with van der Waals surface area (Å²) < 4.78 is 15.3. The predicted octanol–water partition coefficient (Wildman–Crippen LogP) is 2.63. The van der Waals surface area contributed by atoms with Crippen LogP contribution in [0.1, 0.15) is 15.4 Å². The first-order valence-corrected chi connectivity index (χ1v) is 6.46. The first kappa shape index (κ1) is 12.0. The number of nitrogens with zero attached hydrogens (tertiary/aromatic N) is 1. The van der Waals surface area contributed by atoms with Gasteiger partial charge in [-0.3, -0.25) is 0 Å². The molecule has 0 unspecified atom stereocenters. The average molecular weight is 277 g/mol. The Balaban J connectivity index is 2.01. The highest BCUT2D eigenvalue weighted by atomic mass is 32.1. The summed E-state index contributed by atoms with van der Waals surface area (Å²) in [7, 11) is 1.35. The number of aryl methyl sites for hydroxylation is 1. The van der Waals surface area contributed by atoms with Crippen LogP contribution in [0.5, 0.6) is 11.5 Å². The summed E-state index contributed by atoms with van der Waals surface area (Å²) in [6.07, 6.45) is 0. The van der Waals surface area contributed by atoms with E-state index in [9.17, 15) is 4.79 Å². The number of carbonyl (C=O) groups is 1. The smallest absolute Gasteiger partial charge is 0.357 e. The number of esters is 1. The van der Waals surface area contributed by atoms with Crippen molar-refractivity contribution in [1.29, 1.82) is 0 Å². The van der Waals surface area contributed by atoms with Crippen molar-refractivity contribution in [2.24, 2.45) is 0 Å². The number of hydrogen-bond donors (Lipinski definition) is 0. The zero-order chi connectivity index (χ0) is 13.4. The standard InChI is InChI=1S/C13H11NO4S/c1-7-11(13(15)16-2)14-12(19-7)8-3-4-9-10(5-8)18-6-17-9/h3-5H,6H2,1-2H3. The summed E-state index contributed by atoms with van der Waals surface area (Å²) >= 11 is 1.45. The van der Waals surface area contributed by atoms with Crippen LogP contribution in [0.25, 0.3) is 10.6 Å². The summed E-state index contributed by atoms with van der Waals surface area (Å²) in [5.74, 6) is 1.01.